The Morgan fingerprint density at radius 3 is 3.17 bits per heavy atom. The van der Waals surface area contributed by atoms with Crippen LogP contribution in [-0.2, 0) is 13.0 Å². The SMILES string of the molecule is Brc1csc(COc2cccc3c2NCCC3)c1. The van der Waals surface area contributed by atoms with Gasteiger partial charge in [-0.1, -0.05) is 12.1 Å². The van der Waals surface area contributed by atoms with Crippen molar-refractivity contribution in [3.8, 4) is 5.75 Å². The molecule has 0 unspecified atom stereocenters. The first-order chi connectivity index (χ1) is 8.83. The molecule has 0 saturated carbocycles. The van der Waals surface area contributed by atoms with E-state index in [1.165, 1.54) is 22.5 Å². The Morgan fingerprint density at radius 1 is 1.39 bits per heavy atom. The quantitative estimate of drug-likeness (QED) is 0.901. The zero-order valence-electron chi connectivity index (χ0n) is 9.91. The third-order valence-electron chi connectivity index (χ3n) is 3.03. The summed E-state index contributed by atoms with van der Waals surface area (Å²) in [6.07, 6.45) is 2.35. The van der Waals surface area contributed by atoms with Crippen molar-refractivity contribution in [2.24, 2.45) is 0 Å². The highest BCUT2D eigenvalue weighted by atomic mass is 79.9. The zero-order valence-corrected chi connectivity index (χ0v) is 12.3. The lowest BCUT2D eigenvalue weighted by Crippen LogP contribution is -2.13. The van der Waals surface area contributed by atoms with E-state index in [0.717, 1.165) is 23.2 Å². The summed E-state index contributed by atoms with van der Waals surface area (Å²) in [4.78, 5) is 1.23. The molecule has 0 spiro atoms. The van der Waals surface area contributed by atoms with Crippen LogP contribution in [0.2, 0.25) is 0 Å². The Labute approximate surface area is 119 Å². The van der Waals surface area contributed by atoms with Crippen LogP contribution >= 0.6 is 27.3 Å². The van der Waals surface area contributed by atoms with Crippen LogP contribution in [0.4, 0.5) is 5.69 Å². The van der Waals surface area contributed by atoms with Crippen LogP contribution < -0.4 is 10.1 Å². The van der Waals surface area contributed by atoms with E-state index in [9.17, 15) is 0 Å². The van der Waals surface area contributed by atoms with Gasteiger partial charge in [0.2, 0.25) is 0 Å². The molecule has 1 aliphatic heterocycles. The Balaban J connectivity index is 1.76. The molecule has 4 heteroatoms. The van der Waals surface area contributed by atoms with E-state index >= 15 is 0 Å². The molecule has 1 N–H and O–H groups in total. The van der Waals surface area contributed by atoms with E-state index in [1.54, 1.807) is 11.3 Å². The largest absolute Gasteiger partial charge is 0.486 e. The first kappa shape index (κ1) is 12.1. The van der Waals surface area contributed by atoms with Crippen LogP contribution in [0.1, 0.15) is 16.9 Å². The third-order valence-corrected chi connectivity index (χ3v) is 4.70. The average molecular weight is 324 g/mol. The maximum Gasteiger partial charge on any atom is 0.143 e. The monoisotopic (exact) mass is 323 g/mol. The van der Waals surface area contributed by atoms with Crippen molar-refractivity contribution in [3.05, 3.63) is 44.6 Å². The molecule has 2 heterocycles. The van der Waals surface area contributed by atoms with E-state index in [4.69, 9.17) is 4.74 Å². The lowest BCUT2D eigenvalue weighted by molar-refractivity contribution is 0.310. The van der Waals surface area contributed by atoms with Gasteiger partial charge in [0.15, 0.2) is 0 Å². The van der Waals surface area contributed by atoms with Crippen LogP contribution in [0, 0.1) is 0 Å². The van der Waals surface area contributed by atoms with Crippen molar-refractivity contribution < 1.29 is 4.74 Å². The van der Waals surface area contributed by atoms with Gasteiger partial charge in [-0.3, -0.25) is 0 Å². The molecule has 1 aromatic heterocycles. The summed E-state index contributed by atoms with van der Waals surface area (Å²) < 4.78 is 7.06. The van der Waals surface area contributed by atoms with Gasteiger partial charge in [-0.05, 0) is 46.5 Å². The number of hydrogen-bond acceptors (Lipinski definition) is 3. The molecule has 0 fully saturated rings. The standard InChI is InChI=1S/C14H14BrNOS/c15-11-7-12(18-9-11)8-17-13-5-1-3-10-4-2-6-16-14(10)13/h1,3,5,7,9,16H,2,4,6,8H2. The predicted octanol–water partition coefficient (Wildman–Crippen LogP) is 4.45. The highest BCUT2D eigenvalue weighted by Crippen LogP contribution is 2.33. The zero-order chi connectivity index (χ0) is 12.4. The number of thiophene rings is 1. The second kappa shape index (κ2) is 5.33. The number of hydrogen-bond donors (Lipinski definition) is 1. The van der Waals surface area contributed by atoms with E-state index in [2.05, 4.69) is 44.8 Å². The van der Waals surface area contributed by atoms with E-state index in [0.29, 0.717) is 6.61 Å². The number of fused-ring (bicyclic) bond motifs is 1. The molecule has 0 atom stereocenters. The Bertz CT molecular complexity index is 552. The molecular formula is C14H14BrNOS. The minimum Gasteiger partial charge on any atom is -0.486 e. The van der Waals surface area contributed by atoms with Gasteiger partial charge in [-0.25, -0.2) is 0 Å². The van der Waals surface area contributed by atoms with Crippen molar-refractivity contribution in [1.82, 2.24) is 0 Å². The number of benzene rings is 1. The normalized spacial score (nSPS) is 13.8. The van der Waals surface area contributed by atoms with E-state index in [1.807, 2.05) is 6.07 Å². The molecule has 1 aromatic carbocycles. The smallest absolute Gasteiger partial charge is 0.143 e. The molecule has 2 nitrogen and oxygen atoms in total. The number of halogens is 1. The lowest BCUT2D eigenvalue weighted by atomic mass is 10.0. The van der Waals surface area contributed by atoms with Crippen molar-refractivity contribution >= 4 is 33.0 Å². The fraction of sp³-hybridized carbons (Fsp3) is 0.286. The van der Waals surface area contributed by atoms with Crippen LogP contribution in [-0.4, -0.2) is 6.54 Å². The van der Waals surface area contributed by atoms with Crippen molar-refractivity contribution in [1.29, 1.82) is 0 Å². The van der Waals surface area contributed by atoms with Crippen LogP contribution in [0.5, 0.6) is 5.75 Å². The predicted molar refractivity (Wildman–Crippen MR) is 79.6 cm³/mol. The maximum absolute atomic E-state index is 5.93. The number of anilines is 1. The molecule has 0 saturated heterocycles. The van der Waals surface area contributed by atoms with Gasteiger partial charge in [0, 0.05) is 21.3 Å². The number of ether oxygens (including phenoxy) is 1. The number of aryl methyl sites for hydroxylation is 1. The molecule has 1 aliphatic rings. The first-order valence-electron chi connectivity index (χ1n) is 6.04. The van der Waals surface area contributed by atoms with Gasteiger partial charge < -0.3 is 10.1 Å². The fourth-order valence-corrected chi connectivity index (χ4v) is 3.54. The van der Waals surface area contributed by atoms with Gasteiger partial charge in [0.1, 0.15) is 12.4 Å². The van der Waals surface area contributed by atoms with Gasteiger partial charge >= 0.3 is 0 Å². The molecule has 94 valence electrons. The summed E-state index contributed by atoms with van der Waals surface area (Å²) in [5.41, 5.74) is 2.55. The van der Waals surface area contributed by atoms with E-state index in [-0.39, 0.29) is 0 Å². The molecular weight excluding hydrogens is 310 g/mol. The summed E-state index contributed by atoms with van der Waals surface area (Å²) in [7, 11) is 0. The van der Waals surface area contributed by atoms with Crippen LogP contribution in [0.15, 0.2) is 34.1 Å². The van der Waals surface area contributed by atoms with Crippen LogP contribution in [0.25, 0.3) is 0 Å². The van der Waals surface area contributed by atoms with Gasteiger partial charge in [0.05, 0.1) is 5.69 Å². The molecule has 0 bridgehead atoms. The molecule has 0 aliphatic carbocycles. The highest BCUT2D eigenvalue weighted by molar-refractivity contribution is 9.10. The highest BCUT2D eigenvalue weighted by Gasteiger charge is 2.13. The van der Waals surface area contributed by atoms with Crippen molar-refractivity contribution in [2.75, 3.05) is 11.9 Å². The summed E-state index contributed by atoms with van der Waals surface area (Å²) in [6.45, 7) is 1.67. The minimum absolute atomic E-state index is 0.633. The third kappa shape index (κ3) is 2.54. The summed E-state index contributed by atoms with van der Waals surface area (Å²) >= 11 is 5.17. The lowest BCUT2D eigenvalue weighted by Gasteiger charge is -2.20. The molecule has 2 aromatic rings. The van der Waals surface area contributed by atoms with Crippen molar-refractivity contribution in [3.63, 3.8) is 0 Å². The Morgan fingerprint density at radius 2 is 2.33 bits per heavy atom. The molecule has 3 rings (SSSR count). The van der Waals surface area contributed by atoms with Gasteiger partial charge in [-0.15, -0.1) is 11.3 Å². The van der Waals surface area contributed by atoms with Crippen LogP contribution in [0.3, 0.4) is 0 Å². The maximum atomic E-state index is 5.93. The number of para-hydroxylation sites is 1. The Kier molecular flexibility index (Phi) is 3.57. The molecule has 18 heavy (non-hydrogen) atoms. The number of rotatable bonds is 3. The molecule has 0 amide bonds. The summed E-state index contributed by atoms with van der Waals surface area (Å²) in [5, 5.41) is 5.52. The average Bonchev–Trinajstić information content (AvgIpc) is 2.82. The number of nitrogens with one attached hydrogen (secondary N) is 1. The minimum atomic E-state index is 0.633. The second-order valence-electron chi connectivity index (χ2n) is 4.34. The first-order valence-corrected chi connectivity index (χ1v) is 7.71. The fourth-order valence-electron chi connectivity index (χ4n) is 2.18. The summed E-state index contributed by atoms with van der Waals surface area (Å²) in [5.74, 6) is 0.969. The van der Waals surface area contributed by atoms with Crippen molar-refractivity contribution in [2.45, 2.75) is 19.4 Å². The van der Waals surface area contributed by atoms with Gasteiger partial charge in [0.25, 0.3) is 0 Å². The van der Waals surface area contributed by atoms with E-state index < -0.39 is 0 Å². The second-order valence-corrected chi connectivity index (χ2v) is 6.25. The van der Waals surface area contributed by atoms with Gasteiger partial charge in [-0.2, -0.15) is 0 Å². The summed E-state index contributed by atoms with van der Waals surface area (Å²) in [6, 6.07) is 8.40. The topological polar surface area (TPSA) is 21.3 Å². The molecule has 0 radical (unpaired) electrons. The Hall–Kier alpha value is -1.00.